The van der Waals surface area contributed by atoms with Crippen LogP contribution in [0.2, 0.25) is 0 Å². The number of hydrogen-bond acceptors (Lipinski definition) is 2. The van der Waals surface area contributed by atoms with E-state index in [-0.39, 0.29) is 5.41 Å². The molecule has 0 saturated heterocycles. The molecule has 3 rings (SSSR count). The first-order valence-electron chi connectivity index (χ1n) is 7.57. The fourth-order valence-corrected chi connectivity index (χ4v) is 3.71. The van der Waals surface area contributed by atoms with Gasteiger partial charge in [0.05, 0.1) is 0 Å². The summed E-state index contributed by atoms with van der Waals surface area (Å²) in [6.45, 7) is 2.99. The second kappa shape index (κ2) is 5.46. The highest BCUT2D eigenvalue weighted by Gasteiger charge is 2.34. The molecule has 2 heteroatoms. The molecule has 0 radical (unpaired) electrons. The molecule has 2 nitrogen and oxygen atoms in total. The quantitative estimate of drug-likeness (QED) is 0.610. The number of carbonyl (C=O) groups excluding carboxylic acids is 1. The van der Waals surface area contributed by atoms with Gasteiger partial charge in [0.1, 0.15) is 6.29 Å². The normalized spacial score (nSPS) is 22.7. The number of nitrogens with zero attached hydrogens (tertiary/aromatic N) is 1. The largest absolute Gasteiger partial charge is 0.303 e. The van der Waals surface area contributed by atoms with Gasteiger partial charge in [0.2, 0.25) is 0 Å². The van der Waals surface area contributed by atoms with Crippen LogP contribution in [0.25, 0.3) is 0 Å². The third-order valence-corrected chi connectivity index (χ3v) is 4.79. The van der Waals surface area contributed by atoms with Crippen LogP contribution >= 0.6 is 0 Å². The zero-order chi connectivity index (χ0) is 13.1. The van der Waals surface area contributed by atoms with Crippen molar-refractivity contribution in [1.82, 2.24) is 4.90 Å². The third kappa shape index (κ3) is 2.74. The van der Waals surface area contributed by atoms with Crippen LogP contribution in [-0.2, 0) is 17.9 Å². The summed E-state index contributed by atoms with van der Waals surface area (Å²) in [7, 11) is 0. The molecule has 0 aromatic heterocycles. The molecule has 0 bridgehead atoms. The van der Waals surface area contributed by atoms with Gasteiger partial charge in [-0.2, -0.15) is 0 Å². The molecule has 1 heterocycles. The Hall–Kier alpha value is -1.15. The molecule has 1 aliphatic heterocycles. The average molecular weight is 257 g/mol. The number of benzene rings is 1. The molecule has 0 N–H and O–H groups in total. The highest BCUT2D eigenvalue weighted by atomic mass is 16.1. The van der Waals surface area contributed by atoms with Crippen molar-refractivity contribution >= 4 is 6.29 Å². The lowest BCUT2D eigenvalue weighted by atomic mass is 9.81. The summed E-state index contributed by atoms with van der Waals surface area (Å²) in [6.07, 6.45) is 8.48. The van der Waals surface area contributed by atoms with Crippen molar-refractivity contribution in [2.45, 2.75) is 51.6 Å². The van der Waals surface area contributed by atoms with Gasteiger partial charge in [-0.15, -0.1) is 0 Å². The second-order valence-corrected chi connectivity index (χ2v) is 6.31. The summed E-state index contributed by atoms with van der Waals surface area (Å²) in [6, 6.07) is 8.67. The Morgan fingerprint density at radius 3 is 2.11 bits per heavy atom. The summed E-state index contributed by atoms with van der Waals surface area (Å²) in [4.78, 5) is 14.1. The first kappa shape index (κ1) is 12.9. The van der Waals surface area contributed by atoms with E-state index >= 15 is 0 Å². The SMILES string of the molecule is O=CC1(CN2Cc3ccccc3C2)CCCCCC1. The lowest BCUT2D eigenvalue weighted by Crippen LogP contribution is -2.36. The van der Waals surface area contributed by atoms with Gasteiger partial charge in [-0.3, -0.25) is 4.90 Å². The van der Waals surface area contributed by atoms with Crippen LogP contribution in [0.4, 0.5) is 0 Å². The van der Waals surface area contributed by atoms with E-state index in [9.17, 15) is 4.79 Å². The molecule has 1 aliphatic carbocycles. The molecule has 1 fully saturated rings. The Balaban J connectivity index is 1.69. The van der Waals surface area contributed by atoms with E-state index in [0.717, 1.165) is 32.5 Å². The van der Waals surface area contributed by atoms with Gasteiger partial charge < -0.3 is 4.79 Å². The van der Waals surface area contributed by atoms with E-state index in [1.807, 2.05) is 0 Å². The van der Waals surface area contributed by atoms with Gasteiger partial charge in [0.15, 0.2) is 0 Å². The Kier molecular flexibility index (Phi) is 3.69. The smallest absolute Gasteiger partial charge is 0.127 e. The fourth-order valence-electron chi connectivity index (χ4n) is 3.71. The summed E-state index contributed by atoms with van der Waals surface area (Å²) in [5.74, 6) is 0. The van der Waals surface area contributed by atoms with Crippen molar-refractivity contribution in [3.8, 4) is 0 Å². The van der Waals surface area contributed by atoms with Crippen LogP contribution in [0.1, 0.15) is 49.7 Å². The van der Waals surface area contributed by atoms with Crippen LogP contribution in [0.5, 0.6) is 0 Å². The first-order valence-corrected chi connectivity index (χ1v) is 7.57. The fraction of sp³-hybridized carbons (Fsp3) is 0.588. The van der Waals surface area contributed by atoms with Crippen molar-refractivity contribution in [3.63, 3.8) is 0 Å². The maximum atomic E-state index is 11.7. The van der Waals surface area contributed by atoms with Crippen molar-refractivity contribution in [3.05, 3.63) is 35.4 Å². The molecule has 19 heavy (non-hydrogen) atoms. The maximum absolute atomic E-state index is 11.7. The molecule has 0 amide bonds. The predicted octanol–water partition coefficient (Wildman–Crippen LogP) is 3.54. The highest BCUT2D eigenvalue weighted by Crippen LogP contribution is 2.36. The van der Waals surface area contributed by atoms with Crippen LogP contribution in [0, 0.1) is 5.41 Å². The number of carbonyl (C=O) groups is 1. The number of aldehydes is 1. The minimum atomic E-state index is -0.0709. The topological polar surface area (TPSA) is 20.3 Å². The number of rotatable bonds is 3. The van der Waals surface area contributed by atoms with E-state index in [0.29, 0.717) is 0 Å². The third-order valence-electron chi connectivity index (χ3n) is 4.79. The number of hydrogen-bond donors (Lipinski definition) is 0. The van der Waals surface area contributed by atoms with Gasteiger partial charge in [0, 0.05) is 25.0 Å². The summed E-state index contributed by atoms with van der Waals surface area (Å²) < 4.78 is 0. The van der Waals surface area contributed by atoms with Crippen molar-refractivity contribution in [1.29, 1.82) is 0 Å². The van der Waals surface area contributed by atoms with E-state index in [1.165, 1.54) is 43.1 Å². The molecule has 0 spiro atoms. The zero-order valence-electron chi connectivity index (χ0n) is 11.6. The van der Waals surface area contributed by atoms with Gasteiger partial charge in [-0.05, 0) is 24.0 Å². The number of fused-ring (bicyclic) bond motifs is 1. The Bertz CT molecular complexity index is 421. The summed E-state index contributed by atoms with van der Waals surface area (Å²) in [5, 5.41) is 0. The lowest BCUT2D eigenvalue weighted by molar-refractivity contribution is -0.118. The zero-order valence-corrected chi connectivity index (χ0v) is 11.6. The predicted molar refractivity (Wildman–Crippen MR) is 76.8 cm³/mol. The van der Waals surface area contributed by atoms with Gasteiger partial charge >= 0.3 is 0 Å². The van der Waals surface area contributed by atoms with Crippen LogP contribution in [-0.4, -0.2) is 17.7 Å². The molecule has 102 valence electrons. The monoisotopic (exact) mass is 257 g/mol. The minimum absolute atomic E-state index is 0.0709. The van der Waals surface area contributed by atoms with Crippen molar-refractivity contribution in [2.75, 3.05) is 6.54 Å². The van der Waals surface area contributed by atoms with E-state index in [2.05, 4.69) is 29.2 Å². The molecular formula is C17H23NO. The van der Waals surface area contributed by atoms with E-state index in [1.54, 1.807) is 0 Å². The lowest BCUT2D eigenvalue weighted by Gasteiger charge is -2.31. The van der Waals surface area contributed by atoms with Gasteiger partial charge in [0.25, 0.3) is 0 Å². The summed E-state index contributed by atoms with van der Waals surface area (Å²) in [5.41, 5.74) is 2.81. The van der Waals surface area contributed by atoms with E-state index in [4.69, 9.17) is 0 Å². The van der Waals surface area contributed by atoms with E-state index < -0.39 is 0 Å². The molecular weight excluding hydrogens is 234 g/mol. The minimum Gasteiger partial charge on any atom is -0.303 e. The van der Waals surface area contributed by atoms with Crippen LogP contribution < -0.4 is 0 Å². The van der Waals surface area contributed by atoms with Crippen LogP contribution in [0.3, 0.4) is 0 Å². The van der Waals surface area contributed by atoms with Gasteiger partial charge in [-0.1, -0.05) is 49.9 Å². The molecule has 1 saturated carbocycles. The Morgan fingerprint density at radius 2 is 1.58 bits per heavy atom. The highest BCUT2D eigenvalue weighted by molar-refractivity contribution is 5.60. The summed E-state index contributed by atoms with van der Waals surface area (Å²) >= 11 is 0. The molecule has 0 atom stereocenters. The first-order chi connectivity index (χ1) is 9.31. The molecule has 0 unspecified atom stereocenters. The second-order valence-electron chi connectivity index (χ2n) is 6.31. The van der Waals surface area contributed by atoms with Crippen molar-refractivity contribution in [2.24, 2.45) is 5.41 Å². The maximum Gasteiger partial charge on any atom is 0.127 e. The van der Waals surface area contributed by atoms with Gasteiger partial charge in [-0.25, -0.2) is 0 Å². The van der Waals surface area contributed by atoms with Crippen LogP contribution in [0.15, 0.2) is 24.3 Å². The molecule has 1 aromatic carbocycles. The standard InChI is InChI=1S/C17H23NO/c19-14-17(9-5-1-2-6-10-17)13-18-11-15-7-3-4-8-16(15)12-18/h3-4,7-8,14H,1-2,5-6,9-13H2. The molecule has 2 aliphatic rings. The van der Waals surface area contributed by atoms with Crippen molar-refractivity contribution < 1.29 is 4.79 Å². The Morgan fingerprint density at radius 1 is 1.00 bits per heavy atom. The Labute approximate surface area is 115 Å². The average Bonchev–Trinajstić information content (AvgIpc) is 2.69. The molecule has 1 aromatic rings.